The minimum Gasteiger partial charge on any atom is -0.367 e. The monoisotopic (exact) mass is 281 g/mol. The van der Waals surface area contributed by atoms with Crippen molar-refractivity contribution in [2.75, 3.05) is 24.2 Å². The maximum absolute atomic E-state index is 11.2. The fraction of sp³-hybridized carbons (Fsp3) is 0.692. The van der Waals surface area contributed by atoms with E-state index in [1.165, 1.54) is 6.33 Å². The molecular weight excluding hydrogens is 258 g/mol. The summed E-state index contributed by atoms with van der Waals surface area (Å²) in [5.41, 5.74) is -0.110. The second-order valence-corrected chi connectivity index (χ2v) is 5.46. The van der Waals surface area contributed by atoms with Crippen LogP contribution in [0.15, 0.2) is 6.33 Å². The summed E-state index contributed by atoms with van der Waals surface area (Å²) in [5, 5.41) is 17.0. The summed E-state index contributed by atoms with van der Waals surface area (Å²) in [6.07, 6.45) is 1.32. The Morgan fingerprint density at radius 1 is 1.20 bits per heavy atom. The highest BCUT2D eigenvalue weighted by molar-refractivity contribution is 5.68. The molecule has 0 aliphatic heterocycles. The second-order valence-electron chi connectivity index (χ2n) is 5.46. The highest BCUT2D eigenvalue weighted by Crippen LogP contribution is 2.29. The van der Waals surface area contributed by atoms with E-state index in [-0.39, 0.29) is 17.3 Å². The van der Waals surface area contributed by atoms with Gasteiger partial charge in [-0.1, -0.05) is 27.7 Å². The van der Waals surface area contributed by atoms with Crippen LogP contribution in [-0.2, 0) is 0 Å². The maximum Gasteiger partial charge on any atom is 0.353 e. The molecule has 1 aromatic rings. The van der Waals surface area contributed by atoms with Gasteiger partial charge in [-0.2, -0.15) is 0 Å². The molecule has 0 saturated carbocycles. The summed E-state index contributed by atoms with van der Waals surface area (Å²) in [6.45, 7) is 9.26. The Morgan fingerprint density at radius 2 is 1.75 bits per heavy atom. The van der Waals surface area contributed by atoms with Crippen molar-refractivity contribution in [1.82, 2.24) is 9.97 Å². The maximum atomic E-state index is 11.2. The molecule has 0 aliphatic carbocycles. The largest absolute Gasteiger partial charge is 0.367 e. The van der Waals surface area contributed by atoms with Crippen LogP contribution in [0.2, 0.25) is 0 Å². The number of nitro groups is 1. The lowest BCUT2D eigenvalue weighted by Crippen LogP contribution is -2.25. The van der Waals surface area contributed by atoms with Crippen molar-refractivity contribution in [3.63, 3.8) is 0 Å². The molecule has 0 atom stereocenters. The van der Waals surface area contributed by atoms with Crippen LogP contribution in [0.3, 0.4) is 0 Å². The van der Waals surface area contributed by atoms with Gasteiger partial charge in [-0.25, -0.2) is 9.97 Å². The molecule has 0 aromatic carbocycles. The Kier molecular flexibility index (Phi) is 5.66. The minimum absolute atomic E-state index is 0.110. The molecule has 1 rings (SSSR count). The van der Waals surface area contributed by atoms with E-state index < -0.39 is 4.92 Å². The third kappa shape index (κ3) is 3.79. The van der Waals surface area contributed by atoms with Gasteiger partial charge in [0.2, 0.25) is 11.6 Å². The van der Waals surface area contributed by atoms with Crippen LogP contribution >= 0.6 is 0 Å². The molecule has 0 amide bonds. The van der Waals surface area contributed by atoms with Crippen LogP contribution in [0.25, 0.3) is 0 Å². The summed E-state index contributed by atoms with van der Waals surface area (Å²) in [4.78, 5) is 18.6. The number of hydrogen-bond acceptors (Lipinski definition) is 6. The van der Waals surface area contributed by atoms with Gasteiger partial charge in [-0.3, -0.25) is 10.1 Å². The van der Waals surface area contributed by atoms with Crippen molar-refractivity contribution in [3.8, 4) is 0 Å². The number of nitrogens with zero attached hydrogens (tertiary/aromatic N) is 3. The molecular formula is C13H23N5O2. The molecule has 2 N–H and O–H groups in total. The fourth-order valence-corrected chi connectivity index (χ4v) is 2.32. The van der Waals surface area contributed by atoms with E-state index in [0.29, 0.717) is 24.3 Å². The highest BCUT2D eigenvalue weighted by Gasteiger charge is 2.24. The predicted octanol–water partition coefficient (Wildman–Crippen LogP) is 2.77. The lowest BCUT2D eigenvalue weighted by atomic mass is 9.85. The summed E-state index contributed by atoms with van der Waals surface area (Å²) >= 11 is 0. The van der Waals surface area contributed by atoms with Gasteiger partial charge in [0.05, 0.1) is 4.92 Å². The van der Waals surface area contributed by atoms with Crippen molar-refractivity contribution in [3.05, 3.63) is 16.4 Å². The van der Waals surface area contributed by atoms with E-state index in [1.54, 1.807) is 7.05 Å². The van der Waals surface area contributed by atoms with Crippen LogP contribution in [0.1, 0.15) is 27.7 Å². The molecule has 1 heterocycles. The fourth-order valence-electron chi connectivity index (χ4n) is 2.32. The van der Waals surface area contributed by atoms with Crippen molar-refractivity contribution in [2.45, 2.75) is 27.7 Å². The van der Waals surface area contributed by atoms with Crippen molar-refractivity contribution < 1.29 is 4.92 Å². The minimum atomic E-state index is -0.464. The van der Waals surface area contributed by atoms with E-state index in [0.717, 1.165) is 0 Å². The zero-order valence-electron chi connectivity index (χ0n) is 12.7. The van der Waals surface area contributed by atoms with Gasteiger partial charge in [-0.15, -0.1) is 0 Å². The Morgan fingerprint density at radius 3 is 2.20 bits per heavy atom. The normalized spacial score (nSPS) is 11.2. The van der Waals surface area contributed by atoms with Crippen LogP contribution in [-0.4, -0.2) is 28.5 Å². The third-order valence-corrected chi connectivity index (χ3v) is 3.46. The number of rotatable bonds is 7. The van der Waals surface area contributed by atoms with E-state index in [4.69, 9.17) is 0 Å². The molecule has 0 spiro atoms. The van der Waals surface area contributed by atoms with Gasteiger partial charge >= 0.3 is 5.69 Å². The van der Waals surface area contributed by atoms with Gasteiger partial charge in [0.1, 0.15) is 6.33 Å². The van der Waals surface area contributed by atoms with Crippen LogP contribution in [0, 0.1) is 27.9 Å². The molecule has 1 aromatic heterocycles. The van der Waals surface area contributed by atoms with Gasteiger partial charge in [-0.05, 0) is 17.8 Å². The van der Waals surface area contributed by atoms with Crippen LogP contribution < -0.4 is 10.6 Å². The smallest absolute Gasteiger partial charge is 0.353 e. The standard InChI is InChI=1S/C13H23N5O2/c1-8(2)10(9(3)4)6-15-13-11(18(19)20)12(14-5)16-7-17-13/h7-10H,6H2,1-5H3,(H2,14,15,16,17). The van der Waals surface area contributed by atoms with Crippen LogP contribution in [0.5, 0.6) is 0 Å². The zero-order chi connectivity index (χ0) is 15.3. The summed E-state index contributed by atoms with van der Waals surface area (Å²) < 4.78 is 0. The second kappa shape index (κ2) is 7.02. The average Bonchev–Trinajstić information content (AvgIpc) is 2.37. The van der Waals surface area contributed by atoms with E-state index in [2.05, 4.69) is 48.3 Å². The lowest BCUT2D eigenvalue weighted by molar-refractivity contribution is -0.383. The quantitative estimate of drug-likeness (QED) is 0.589. The first-order valence-corrected chi connectivity index (χ1v) is 6.79. The Balaban J connectivity index is 2.95. The van der Waals surface area contributed by atoms with Crippen molar-refractivity contribution in [2.24, 2.45) is 17.8 Å². The van der Waals surface area contributed by atoms with E-state index in [9.17, 15) is 10.1 Å². The lowest BCUT2D eigenvalue weighted by Gasteiger charge is -2.25. The Hall–Kier alpha value is -1.92. The highest BCUT2D eigenvalue weighted by atomic mass is 16.6. The first-order valence-electron chi connectivity index (χ1n) is 6.79. The van der Waals surface area contributed by atoms with Gasteiger partial charge < -0.3 is 10.6 Å². The summed E-state index contributed by atoms with van der Waals surface area (Å²) in [5.74, 6) is 1.89. The molecule has 0 unspecified atom stereocenters. The zero-order valence-corrected chi connectivity index (χ0v) is 12.7. The Bertz CT molecular complexity index is 454. The number of nitrogens with one attached hydrogen (secondary N) is 2. The molecule has 0 fully saturated rings. The first kappa shape index (κ1) is 16.1. The first-order chi connectivity index (χ1) is 9.38. The summed E-state index contributed by atoms with van der Waals surface area (Å²) in [6, 6.07) is 0. The molecule has 0 radical (unpaired) electrons. The number of aromatic nitrogens is 2. The molecule has 7 nitrogen and oxygen atoms in total. The number of anilines is 2. The van der Waals surface area contributed by atoms with Gasteiger partial charge in [0.15, 0.2) is 0 Å². The van der Waals surface area contributed by atoms with Crippen LogP contribution in [0.4, 0.5) is 17.3 Å². The molecule has 7 heteroatoms. The van der Waals surface area contributed by atoms with Crippen molar-refractivity contribution in [1.29, 1.82) is 0 Å². The van der Waals surface area contributed by atoms with Crippen molar-refractivity contribution >= 4 is 17.3 Å². The molecule has 0 saturated heterocycles. The topological polar surface area (TPSA) is 93.0 Å². The van der Waals surface area contributed by atoms with Gasteiger partial charge in [0.25, 0.3) is 0 Å². The molecule has 20 heavy (non-hydrogen) atoms. The molecule has 0 aliphatic rings. The predicted molar refractivity (Wildman–Crippen MR) is 79.9 cm³/mol. The average molecular weight is 281 g/mol. The Labute approximate surface area is 119 Å². The van der Waals surface area contributed by atoms with E-state index in [1.807, 2.05) is 0 Å². The number of hydrogen-bond donors (Lipinski definition) is 2. The van der Waals surface area contributed by atoms with E-state index >= 15 is 0 Å². The molecule has 112 valence electrons. The third-order valence-electron chi connectivity index (χ3n) is 3.46. The summed E-state index contributed by atoms with van der Waals surface area (Å²) in [7, 11) is 1.60. The van der Waals surface area contributed by atoms with Gasteiger partial charge in [0, 0.05) is 13.6 Å². The molecule has 0 bridgehead atoms. The SMILES string of the molecule is CNc1ncnc(NCC(C(C)C)C(C)C)c1[N+](=O)[O-].